The third-order valence-corrected chi connectivity index (χ3v) is 4.83. The maximum atomic E-state index is 12.5. The summed E-state index contributed by atoms with van der Waals surface area (Å²) in [6, 6.07) is 5.18. The van der Waals surface area contributed by atoms with Crippen LogP contribution in [0.1, 0.15) is 30.0 Å². The van der Waals surface area contributed by atoms with Crippen LogP contribution < -0.4 is 20.9 Å². The van der Waals surface area contributed by atoms with Crippen molar-refractivity contribution in [2.75, 3.05) is 28.6 Å². The number of benzene rings is 1. The van der Waals surface area contributed by atoms with Crippen molar-refractivity contribution in [2.45, 2.75) is 25.7 Å². The maximum Gasteiger partial charge on any atom is 0.323 e. The SMILES string of the molecule is Cc1ccc(N2CCNC2=O)cc1NC(=O)Nc1cnn(C)c1C1CC1. The topological polar surface area (TPSA) is 91.3 Å². The fourth-order valence-electron chi connectivity index (χ4n) is 3.29. The first-order valence-corrected chi connectivity index (χ1v) is 8.79. The Hall–Kier alpha value is -3.03. The van der Waals surface area contributed by atoms with Gasteiger partial charge in [-0.25, -0.2) is 9.59 Å². The fraction of sp³-hybridized carbons (Fsp3) is 0.389. The standard InChI is InChI=1S/C18H22N6O2/c1-11-3-6-13(24-8-7-19-18(24)26)9-14(11)21-17(25)22-15-10-20-23(2)16(15)12-4-5-12/h3,6,9-10,12H,4-5,7-8H2,1-2H3,(H,19,26)(H2,21,22,25). The van der Waals surface area contributed by atoms with E-state index in [1.54, 1.807) is 11.1 Å². The number of rotatable bonds is 4. The smallest absolute Gasteiger partial charge is 0.323 e. The van der Waals surface area contributed by atoms with Gasteiger partial charge in [-0.3, -0.25) is 9.58 Å². The van der Waals surface area contributed by atoms with Crippen LogP contribution in [0.2, 0.25) is 0 Å². The minimum atomic E-state index is -0.314. The van der Waals surface area contributed by atoms with Gasteiger partial charge in [-0.05, 0) is 37.5 Å². The van der Waals surface area contributed by atoms with Crippen molar-refractivity contribution in [3.8, 4) is 0 Å². The van der Waals surface area contributed by atoms with E-state index in [-0.39, 0.29) is 12.1 Å². The molecule has 0 spiro atoms. The highest BCUT2D eigenvalue weighted by Gasteiger charge is 2.30. The van der Waals surface area contributed by atoms with Gasteiger partial charge >= 0.3 is 12.1 Å². The van der Waals surface area contributed by atoms with E-state index in [4.69, 9.17) is 0 Å². The molecule has 4 amide bonds. The predicted octanol–water partition coefficient (Wildman–Crippen LogP) is 2.78. The molecule has 2 aliphatic rings. The number of nitrogens with zero attached hydrogens (tertiary/aromatic N) is 3. The van der Waals surface area contributed by atoms with Crippen LogP contribution in [-0.2, 0) is 7.05 Å². The molecule has 0 unspecified atom stereocenters. The third kappa shape index (κ3) is 3.10. The van der Waals surface area contributed by atoms with E-state index in [0.717, 1.165) is 35.5 Å². The molecule has 0 bridgehead atoms. The minimum Gasteiger partial charge on any atom is -0.336 e. The first kappa shape index (κ1) is 16.4. The highest BCUT2D eigenvalue weighted by Crippen LogP contribution is 2.43. The quantitative estimate of drug-likeness (QED) is 0.788. The molecule has 8 nitrogen and oxygen atoms in total. The van der Waals surface area contributed by atoms with Crippen LogP contribution in [0.4, 0.5) is 26.7 Å². The van der Waals surface area contributed by atoms with E-state index in [2.05, 4.69) is 21.0 Å². The van der Waals surface area contributed by atoms with Crippen molar-refractivity contribution in [3.63, 3.8) is 0 Å². The summed E-state index contributed by atoms with van der Waals surface area (Å²) in [7, 11) is 1.89. The average Bonchev–Trinajstić information content (AvgIpc) is 3.25. The zero-order valence-electron chi connectivity index (χ0n) is 14.9. The Bertz CT molecular complexity index is 871. The summed E-state index contributed by atoms with van der Waals surface area (Å²) in [5, 5.41) is 12.8. The van der Waals surface area contributed by atoms with E-state index < -0.39 is 0 Å². The van der Waals surface area contributed by atoms with Gasteiger partial charge in [0.25, 0.3) is 0 Å². The predicted molar refractivity (Wildman–Crippen MR) is 99.7 cm³/mol. The largest absolute Gasteiger partial charge is 0.336 e. The molecule has 1 aliphatic carbocycles. The molecule has 1 aromatic carbocycles. The molecule has 1 saturated carbocycles. The molecule has 26 heavy (non-hydrogen) atoms. The van der Waals surface area contributed by atoms with Crippen LogP contribution in [0.25, 0.3) is 0 Å². The van der Waals surface area contributed by atoms with Gasteiger partial charge in [-0.1, -0.05) is 6.07 Å². The van der Waals surface area contributed by atoms with Gasteiger partial charge in [-0.15, -0.1) is 0 Å². The van der Waals surface area contributed by atoms with Crippen molar-refractivity contribution >= 4 is 29.1 Å². The molecule has 3 N–H and O–H groups in total. The molecule has 2 aromatic rings. The molecule has 0 atom stereocenters. The molecule has 2 heterocycles. The van der Waals surface area contributed by atoms with Gasteiger partial charge in [0.1, 0.15) is 0 Å². The normalized spacial score (nSPS) is 16.5. The molecule has 1 saturated heterocycles. The first-order chi connectivity index (χ1) is 12.5. The Balaban J connectivity index is 1.50. The summed E-state index contributed by atoms with van der Waals surface area (Å²) in [6.45, 7) is 3.16. The van der Waals surface area contributed by atoms with Crippen LogP contribution >= 0.6 is 0 Å². The van der Waals surface area contributed by atoms with Crippen molar-refractivity contribution in [2.24, 2.45) is 7.05 Å². The van der Waals surface area contributed by atoms with Crippen LogP contribution in [0.5, 0.6) is 0 Å². The first-order valence-electron chi connectivity index (χ1n) is 8.79. The van der Waals surface area contributed by atoms with Gasteiger partial charge in [0.2, 0.25) is 0 Å². The number of aryl methyl sites for hydroxylation is 2. The molecule has 136 valence electrons. The Morgan fingerprint density at radius 3 is 2.73 bits per heavy atom. The number of amides is 4. The third-order valence-electron chi connectivity index (χ3n) is 4.83. The van der Waals surface area contributed by atoms with Crippen molar-refractivity contribution < 1.29 is 9.59 Å². The molecule has 1 aliphatic heterocycles. The number of aromatic nitrogens is 2. The van der Waals surface area contributed by atoms with E-state index in [9.17, 15) is 9.59 Å². The number of anilines is 3. The molecule has 4 rings (SSSR count). The van der Waals surface area contributed by atoms with Crippen molar-refractivity contribution in [1.82, 2.24) is 15.1 Å². The summed E-state index contributed by atoms with van der Waals surface area (Å²) >= 11 is 0. The molecule has 2 fully saturated rings. The second-order valence-corrected chi connectivity index (χ2v) is 6.80. The number of carbonyl (C=O) groups is 2. The van der Waals surface area contributed by atoms with Gasteiger partial charge in [-0.2, -0.15) is 5.10 Å². The second kappa shape index (κ2) is 6.36. The number of hydrogen-bond donors (Lipinski definition) is 3. The highest BCUT2D eigenvalue weighted by molar-refractivity contribution is 6.01. The Labute approximate surface area is 151 Å². The van der Waals surface area contributed by atoms with E-state index >= 15 is 0 Å². The Kier molecular flexibility index (Phi) is 4.02. The monoisotopic (exact) mass is 354 g/mol. The van der Waals surface area contributed by atoms with Crippen molar-refractivity contribution in [1.29, 1.82) is 0 Å². The van der Waals surface area contributed by atoms with Crippen LogP contribution in [0.3, 0.4) is 0 Å². The fourth-order valence-corrected chi connectivity index (χ4v) is 3.29. The van der Waals surface area contributed by atoms with Crippen LogP contribution in [-0.4, -0.2) is 34.9 Å². The lowest BCUT2D eigenvalue weighted by atomic mass is 10.1. The molecule has 8 heteroatoms. The van der Waals surface area contributed by atoms with Crippen LogP contribution in [0, 0.1) is 6.92 Å². The zero-order chi connectivity index (χ0) is 18.3. The lowest BCUT2D eigenvalue weighted by Gasteiger charge is -2.17. The van der Waals surface area contributed by atoms with Gasteiger partial charge in [0.15, 0.2) is 0 Å². The summed E-state index contributed by atoms with van der Waals surface area (Å²) < 4.78 is 1.82. The average molecular weight is 354 g/mol. The maximum absolute atomic E-state index is 12.5. The van der Waals surface area contributed by atoms with Gasteiger partial charge in [0, 0.05) is 37.4 Å². The van der Waals surface area contributed by atoms with E-state index in [1.165, 1.54) is 0 Å². The molecule has 1 aromatic heterocycles. The number of hydrogen-bond acceptors (Lipinski definition) is 3. The van der Waals surface area contributed by atoms with E-state index in [1.807, 2.05) is 36.9 Å². The molecule has 0 radical (unpaired) electrons. The number of urea groups is 2. The lowest BCUT2D eigenvalue weighted by Crippen LogP contribution is -2.28. The Morgan fingerprint density at radius 2 is 2.04 bits per heavy atom. The Morgan fingerprint density at radius 1 is 1.27 bits per heavy atom. The lowest BCUT2D eigenvalue weighted by molar-refractivity contribution is 0.252. The number of nitrogens with one attached hydrogen (secondary N) is 3. The van der Waals surface area contributed by atoms with E-state index in [0.29, 0.717) is 24.7 Å². The number of carbonyl (C=O) groups excluding carboxylic acids is 2. The summed E-state index contributed by atoms with van der Waals surface area (Å²) in [6.07, 6.45) is 3.95. The highest BCUT2D eigenvalue weighted by atomic mass is 16.2. The minimum absolute atomic E-state index is 0.117. The van der Waals surface area contributed by atoms with Gasteiger partial charge in [0.05, 0.1) is 17.6 Å². The molecular weight excluding hydrogens is 332 g/mol. The summed E-state index contributed by atoms with van der Waals surface area (Å²) in [5.74, 6) is 0.483. The zero-order valence-corrected chi connectivity index (χ0v) is 14.9. The summed E-state index contributed by atoms with van der Waals surface area (Å²) in [4.78, 5) is 26.0. The second-order valence-electron chi connectivity index (χ2n) is 6.80. The van der Waals surface area contributed by atoms with Gasteiger partial charge < -0.3 is 16.0 Å². The summed E-state index contributed by atoms with van der Waals surface area (Å²) in [5.41, 5.74) is 4.19. The van der Waals surface area contributed by atoms with Crippen molar-refractivity contribution in [3.05, 3.63) is 35.7 Å². The van der Waals surface area contributed by atoms with Crippen LogP contribution in [0.15, 0.2) is 24.4 Å². The molecular formula is C18H22N6O2.